The van der Waals surface area contributed by atoms with E-state index in [0.717, 1.165) is 11.1 Å². The first-order chi connectivity index (χ1) is 11.3. The molecule has 0 amide bonds. The summed E-state index contributed by atoms with van der Waals surface area (Å²) < 4.78 is 16.7. The number of hydrogen-bond acceptors (Lipinski definition) is 6. The van der Waals surface area contributed by atoms with Gasteiger partial charge in [-0.3, -0.25) is 4.79 Å². The zero-order valence-electron chi connectivity index (χ0n) is 13.4. The largest absolute Gasteiger partial charge is 0.457 e. The minimum absolute atomic E-state index is 0.242. The van der Waals surface area contributed by atoms with Crippen molar-refractivity contribution in [1.82, 2.24) is 0 Å². The van der Waals surface area contributed by atoms with Gasteiger partial charge in [0.1, 0.15) is 23.7 Å². The smallest absolute Gasteiger partial charge is 0.331 e. The van der Waals surface area contributed by atoms with Gasteiger partial charge in [-0.1, -0.05) is 13.5 Å². The van der Waals surface area contributed by atoms with Crippen molar-refractivity contribution >= 4 is 11.9 Å². The third-order valence-electron chi connectivity index (χ3n) is 6.61. The predicted molar refractivity (Wildman–Crippen MR) is 80.5 cm³/mol. The monoisotopic (exact) mass is 330 g/mol. The van der Waals surface area contributed by atoms with Crippen LogP contribution in [0, 0.1) is 16.7 Å². The summed E-state index contributed by atoms with van der Waals surface area (Å²) in [7, 11) is 0. The molecule has 3 fully saturated rings. The minimum atomic E-state index is -1.05. The van der Waals surface area contributed by atoms with Gasteiger partial charge in [-0.25, -0.2) is 4.79 Å². The molecule has 3 aliphatic heterocycles. The molecule has 0 bridgehead atoms. The van der Waals surface area contributed by atoms with E-state index in [1.807, 2.05) is 13.0 Å². The molecule has 2 aliphatic carbocycles. The van der Waals surface area contributed by atoms with E-state index in [4.69, 9.17) is 14.2 Å². The van der Waals surface area contributed by atoms with E-state index in [0.29, 0.717) is 0 Å². The number of aliphatic hydroxyl groups is 1. The number of ether oxygens (including phenoxy) is 3. The molecule has 0 radical (unpaired) electrons. The van der Waals surface area contributed by atoms with Crippen LogP contribution < -0.4 is 0 Å². The molecule has 0 aromatic carbocycles. The first kappa shape index (κ1) is 14.4. The summed E-state index contributed by atoms with van der Waals surface area (Å²) in [6.07, 6.45) is 2.30. The molecule has 8 atom stereocenters. The highest BCUT2D eigenvalue weighted by atomic mass is 16.6. The summed E-state index contributed by atoms with van der Waals surface area (Å²) in [5.41, 5.74) is -0.0320. The normalized spacial score (nSPS) is 53.6. The Kier molecular flexibility index (Phi) is 2.41. The van der Waals surface area contributed by atoms with Crippen LogP contribution in [0.5, 0.6) is 0 Å². The zero-order chi connectivity index (χ0) is 17.0. The van der Waals surface area contributed by atoms with Gasteiger partial charge >= 0.3 is 11.9 Å². The number of carbonyl (C=O) groups excluding carboxylic acids is 2. The number of carbonyl (C=O) groups is 2. The molecule has 0 aromatic rings. The lowest BCUT2D eigenvalue weighted by atomic mass is 9.49. The second-order valence-corrected chi connectivity index (χ2v) is 7.65. The lowest BCUT2D eigenvalue weighted by Gasteiger charge is -2.51. The molecule has 5 aliphatic rings. The van der Waals surface area contributed by atoms with Crippen molar-refractivity contribution in [3.8, 4) is 0 Å². The van der Waals surface area contributed by atoms with E-state index in [2.05, 4.69) is 6.58 Å². The molecular formula is C18H18O6. The minimum Gasteiger partial charge on any atom is -0.457 e. The lowest BCUT2D eigenvalue weighted by molar-refractivity contribution is -0.154. The molecule has 5 rings (SSSR count). The standard InChI is InChI=1S/C18H18O6/c1-4-9-7-5-10-13-17(2,8(7)6-11(19)22-9)15-12(24-15)14(20)18(13,3)16(21)23-10/h4-6,9-10,12-15,20H,1H2,2-3H3/t9-,10-,12+,13-,14+,15+,17-,18-/m1/s1. The Morgan fingerprint density at radius 1 is 1.25 bits per heavy atom. The third-order valence-corrected chi connectivity index (χ3v) is 6.61. The van der Waals surface area contributed by atoms with Crippen molar-refractivity contribution in [2.75, 3.05) is 0 Å². The Bertz CT molecular complexity index is 765. The highest BCUT2D eigenvalue weighted by Gasteiger charge is 2.78. The number of cyclic esters (lactones) is 1. The quantitative estimate of drug-likeness (QED) is 0.432. The van der Waals surface area contributed by atoms with E-state index in [-0.39, 0.29) is 12.0 Å². The molecule has 0 unspecified atom stereocenters. The van der Waals surface area contributed by atoms with Crippen LogP contribution in [-0.2, 0) is 23.8 Å². The van der Waals surface area contributed by atoms with Crippen LogP contribution in [0.15, 0.2) is 36.0 Å². The van der Waals surface area contributed by atoms with Crippen molar-refractivity contribution < 1.29 is 28.9 Å². The predicted octanol–water partition coefficient (Wildman–Crippen LogP) is 0.660. The molecule has 2 saturated heterocycles. The summed E-state index contributed by atoms with van der Waals surface area (Å²) in [6.45, 7) is 7.49. The van der Waals surface area contributed by atoms with E-state index in [1.165, 1.54) is 6.08 Å². The summed E-state index contributed by atoms with van der Waals surface area (Å²) in [4.78, 5) is 24.7. The number of aliphatic hydroxyl groups excluding tert-OH is 1. The SMILES string of the molecule is C=C[C@H]1OC(=O)C=C2C1=C[C@H]1OC(=O)[C@]3(C)[C@H]1[C@]2(C)[C@H]1O[C@H]1[C@@H]3O. The van der Waals surface area contributed by atoms with E-state index < -0.39 is 47.2 Å². The Morgan fingerprint density at radius 3 is 2.71 bits per heavy atom. The van der Waals surface area contributed by atoms with Crippen LogP contribution in [0.4, 0.5) is 0 Å². The number of fused-ring (bicyclic) bond motifs is 4. The number of hydrogen-bond donors (Lipinski definition) is 1. The molecule has 6 nitrogen and oxygen atoms in total. The summed E-state index contributed by atoms with van der Waals surface area (Å²) >= 11 is 0. The lowest BCUT2D eigenvalue weighted by Crippen LogP contribution is -2.60. The van der Waals surface area contributed by atoms with Gasteiger partial charge in [0.25, 0.3) is 0 Å². The maximum atomic E-state index is 12.6. The van der Waals surface area contributed by atoms with Crippen molar-refractivity contribution in [2.45, 2.75) is 44.4 Å². The van der Waals surface area contributed by atoms with E-state index in [1.54, 1.807) is 13.0 Å². The van der Waals surface area contributed by atoms with Gasteiger partial charge in [0.2, 0.25) is 0 Å². The molecule has 0 spiro atoms. The third kappa shape index (κ3) is 1.33. The Hall–Kier alpha value is -1.92. The van der Waals surface area contributed by atoms with E-state index >= 15 is 0 Å². The average molecular weight is 330 g/mol. The Balaban J connectivity index is 1.78. The molecule has 3 heterocycles. The molecule has 1 saturated carbocycles. The van der Waals surface area contributed by atoms with Crippen LogP contribution in [0.1, 0.15) is 13.8 Å². The van der Waals surface area contributed by atoms with Crippen molar-refractivity contribution in [3.63, 3.8) is 0 Å². The number of esters is 2. The van der Waals surface area contributed by atoms with Crippen LogP contribution in [0.2, 0.25) is 0 Å². The van der Waals surface area contributed by atoms with Gasteiger partial charge in [-0.05, 0) is 24.6 Å². The second-order valence-electron chi connectivity index (χ2n) is 7.65. The van der Waals surface area contributed by atoms with Gasteiger partial charge in [-0.15, -0.1) is 0 Å². The van der Waals surface area contributed by atoms with Crippen molar-refractivity contribution in [1.29, 1.82) is 0 Å². The fourth-order valence-corrected chi connectivity index (χ4v) is 5.45. The maximum Gasteiger partial charge on any atom is 0.331 e. The topological polar surface area (TPSA) is 85.4 Å². The van der Waals surface area contributed by atoms with Crippen LogP contribution in [0.25, 0.3) is 0 Å². The van der Waals surface area contributed by atoms with Gasteiger partial charge in [0, 0.05) is 23.0 Å². The van der Waals surface area contributed by atoms with Crippen molar-refractivity contribution in [3.05, 3.63) is 36.0 Å². The zero-order valence-corrected chi connectivity index (χ0v) is 13.4. The molecule has 126 valence electrons. The summed E-state index contributed by atoms with van der Waals surface area (Å²) in [6, 6.07) is 0. The first-order valence-corrected chi connectivity index (χ1v) is 8.15. The maximum absolute atomic E-state index is 12.6. The molecule has 6 heteroatoms. The number of rotatable bonds is 1. The molecule has 1 N–H and O–H groups in total. The second kappa shape index (κ2) is 4.00. The molecular weight excluding hydrogens is 312 g/mol. The van der Waals surface area contributed by atoms with Gasteiger partial charge in [0.15, 0.2) is 0 Å². The highest BCUT2D eigenvalue weighted by Crippen LogP contribution is 2.69. The Morgan fingerprint density at radius 2 is 2.00 bits per heavy atom. The van der Waals surface area contributed by atoms with E-state index in [9.17, 15) is 14.7 Å². The number of epoxide rings is 1. The van der Waals surface area contributed by atoms with Gasteiger partial charge in [0.05, 0.1) is 12.2 Å². The average Bonchev–Trinajstić information content (AvgIpc) is 3.29. The highest BCUT2D eigenvalue weighted by molar-refractivity contribution is 5.88. The summed E-state index contributed by atoms with van der Waals surface area (Å²) in [5, 5.41) is 10.7. The molecule has 24 heavy (non-hydrogen) atoms. The fraction of sp³-hybridized carbons (Fsp3) is 0.556. The van der Waals surface area contributed by atoms with Crippen LogP contribution in [-0.4, -0.2) is 47.6 Å². The van der Waals surface area contributed by atoms with Crippen LogP contribution in [0.3, 0.4) is 0 Å². The fourth-order valence-electron chi connectivity index (χ4n) is 5.45. The first-order valence-electron chi connectivity index (χ1n) is 8.15. The van der Waals surface area contributed by atoms with Gasteiger partial charge in [-0.2, -0.15) is 0 Å². The summed E-state index contributed by atoms with van der Waals surface area (Å²) in [5.74, 6) is -1.13. The Labute approximate surface area is 138 Å². The molecule has 0 aromatic heterocycles. The van der Waals surface area contributed by atoms with Gasteiger partial charge < -0.3 is 19.3 Å². The van der Waals surface area contributed by atoms with Crippen LogP contribution >= 0.6 is 0 Å². The van der Waals surface area contributed by atoms with Crippen molar-refractivity contribution in [2.24, 2.45) is 16.7 Å².